The Balaban J connectivity index is 1.94. The van der Waals surface area contributed by atoms with Crippen LogP contribution in [0.15, 0.2) is 53.3 Å². The lowest BCUT2D eigenvalue weighted by Crippen LogP contribution is -2.38. The molecule has 1 atom stereocenters. The molecule has 2 aromatic carbocycles. The number of nitrogens with one attached hydrogen (secondary N) is 2. The van der Waals surface area contributed by atoms with Crippen molar-refractivity contribution < 1.29 is 14.3 Å². The van der Waals surface area contributed by atoms with Crippen LogP contribution in [0.1, 0.15) is 13.8 Å². The number of benzene rings is 2. The third kappa shape index (κ3) is 5.44. The molecule has 0 unspecified atom stereocenters. The number of esters is 1. The Morgan fingerprint density at radius 1 is 1.06 bits per heavy atom. The van der Waals surface area contributed by atoms with Crippen LogP contribution in [0, 0.1) is 5.92 Å². The molecular weight excluding hydrogens is 441 g/mol. The molecule has 3 aromatic rings. The van der Waals surface area contributed by atoms with Crippen molar-refractivity contribution in [1.82, 2.24) is 14.8 Å². The number of ether oxygens (including phenoxy) is 2. The van der Waals surface area contributed by atoms with Crippen molar-refractivity contribution in [3.63, 3.8) is 0 Å². The fourth-order valence-corrected chi connectivity index (χ4v) is 3.38. The third-order valence-corrected chi connectivity index (χ3v) is 5.10. The summed E-state index contributed by atoms with van der Waals surface area (Å²) < 4.78 is 10.8. The summed E-state index contributed by atoms with van der Waals surface area (Å²) in [5, 5.41) is 0.597. The van der Waals surface area contributed by atoms with Gasteiger partial charge >= 0.3 is 11.7 Å². The number of hydrogen-bond acceptors (Lipinski definition) is 6. The summed E-state index contributed by atoms with van der Waals surface area (Å²) in [4.78, 5) is 33.7. The van der Waals surface area contributed by atoms with Crippen LogP contribution in [0.5, 0.6) is 11.5 Å². The summed E-state index contributed by atoms with van der Waals surface area (Å²) in [5.74, 6) is -0.0493. The number of H-pyrrole nitrogens is 1. The lowest BCUT2D eigenvalue weighted by Gasteiger charge is -2.18. The predicted octanol–water partition coefficient (Wildman–Crippen LogP) is 4.44. The fourth-order valence-electron chi connectivity index (χ4n) is 2.92. The number of halogens is 2. The highest BCUT2D eigenvalue weighted by atomic mass is 35.5. The van der Waals surface area contributed by atoms with Crippen LogP contribution in [0.4, 0.5) is 0 Å². The lowest BCUT2D eigenvalue weighted by atomic mass is 10.1. The highest BCUT2D eigenvalue weighted by molar-refractivity contribution is 6.30. The van der Waals surface area contributed by atoms with Crippen molar-refractivity contribution in [1.29, 1.82) is 0 Å². The summed E-state index contributed by atoms with van der Waals surface area (Å²) >= 11 is 11.6. The molecule has 9 heteroatoms. The predicted molar refractivity (Wildman–Crippen MR) is 121 cm³/mol. The maximum atomic E-state index is 12.4. The van der Waals surface area contributed by atoms with E-state index in [-0.39, 0.29) is 11.7 Å². The zero-order chi connectivity index (χ0) is 22.5. The van der Waals surface area contributed by atoms with E-state index >= 15 is 0 Å². The number of carbonyl (C=O) groups is 1. The van der Waals surface area contributed by atoms with Crippen LogP contribution >= 0.6 is 23.4 Å². The minimum absolute atomic E-state index is 0.0678. The molecule has 162 valence electrons. The molecule has 0 bridgehead atoms. The Morgan fingerprint density at radius 2 is 1.74 bits per heavy atom. The van der Waals surface area contributed by atoms with E-state index in [1.165, 1.54) is 7.11 Å². The van der Waals surface area contributed by atoms with Crippen LogP contribution in [-0.4, -0.2) is 29.1 Å². The molecule has 0 aliphatic rings. The number of carbonyl (C=O) groups excluding carboxylic acids is 1. The molecule has 0 amide bonds. The monoisotopic (exact) mass is 461 g/mol. The van der Waals surface area contributed by atoms with Gasteiger partial charge in [-0.15, -0.1) is 0 Å². The van der Waals surface area contributed by atoms with E-state index in [1.54, 1.807) is 48.5 Å². The third-order valence-electron chi connectivity index (χ3n) is 4.61. The van der Waals surface area contributed by atoms with Gasteiger partial charge < -0.3 is 14.5 Å². The Labute approximate surface area is 189 Å². The molecule has 0 saturated carbocycles. The number of aromatic nitrogens is 2. The Bertz CT molecular complexity index is 1130. The summed E-state index contributed by atoms with van der Waals surface area (Å²) in [6.07, 6.45) is 0. The number of nitrogens with zero attached hydrogens (tertiary/aromatic N) is 1. The minimum atomic E-state index is -0.678. The zero-order valence-corrected chi connectivity index (χ0v) is 18.6. The number of hydrogen-bond donors (Lipinski definition) is 2. The molecular formula is C22H21Cl2N3O4. The van der Waals surface area contributed by atoms with Crippen molar-refractivity contribution in [2.45, 2.75) is 19.9 Å². The van der Waals surface area contributed by atoms with Gasteiger partial charge in [0.25, 0.3) is 0 Å². The first-order valence-corrected chi connectivity index (χ1v) is 10.2. The Hall–Kier alpha value is -2.87. The molecule has 0 aliphatic heterocycles. The fraction of sp³-hybridized carbons (Fsp3) is 0.227. The van der Waals surface area contributed by atoms with Gasteiger partial charge in [-0.3, -0.25) is 0 Å². The van der Waals surface area contributed by atoms with Crippen molar-refractivity contribution in [2.24, 2.45) is 5.92 Å². The van der Waals surface area contributed by atoms with E-state index in [0.717, 1.165) is 5.56 Å². The summed E-state index contributed by atoms with van der Waals surface area (Å²) in [7, 11) is 1.46. The first-order chi connectivity index (χ1) is 14.8. The molecule has 1 heterocycles. The number of aromatic amines is 1. The minimum Gasteiger partial charge on any atom is -0.493 e. The highest BCUT2D eigenvalue weighted by Gasteiger charge is 2.24. The van der Waals surface area contributed by atoms with E-state index in [9.17, 15) is 9.59 Å². The van der Waals surface area contributed by atoms with Crippen LogP contribution in [0.25, 0.3) is 22.5 Å². The van der Waals surface area contributed by atoms with Gasteiger partial charge in [-0.05, 0) is 59.7 Å². The molecule has 0 aliphatic carbocycles. The van der Waals surface area contributed by atoms with Crippen molar-refractivity contribution in [3.05, 3.63) is 64.0 Å². The van der Waals surface area contributed by atoms with Crippen molar-refractivity contribution in [2.75, 3.05) is 7.11 Å². The van der Waals surface area contributed by atoms with Gasteiger partial charge in [-0.25, -0.2) is 14.4 Å². The highest BCUT2D eigenvalue weighted by Crippen LogP contribution is 2.33. The van der Waals surface area contributed by atoms with Crippen LogP contribution < -0.4 is 20.0 Å². The Morgan fingerprint density at radius 3 is 2.35 bits per heavy atom. The zero-order valence-electron chi connectivity index (χ0n) is 17.1. The number of rotatable bonds is 7. The smallest absolute Gasteiger partial charge is 0.345 e. The first kappa shape index (κ1) is 22.8. The second kappa shape index (κ2) is 9.96. The molecule has 31 heavy (non-hydrogen) atoms. The topological polar surface area (TPSA) is 93.3 Å². The van der Waals surface area contributed by atoms with E-state index in [4.69, 9.17) is 32.9 Å². The van der Waals surface area contributed by atoms with Crippen molar-refractivity contribution in [3.8, 4) is 34.0 Å². The summed E-state index contributed by atoms with van der Waals surface area (Å²) in [6, 6.07) is 13.1. The molecule has 0 saturated heterocycles. The quantitative estimate of drug-likeness (QED) is 0.307. The van der Waals surface area contributed by atoms with E-state index in [1.807, 2.05) is 13.8 Å². The van der Waals surface area contributed by atoms with Gasteiger partial charge in [0.15, 0.2) is 11.5 Å². The van der Waals surface area contributed by atoms with Crippen LogP contribution in [0.3, 0.4) is 0 Å². The van der Waals surface area contributed by atoms with E-state index in [0.29, 0.717) is 27.7 Å². The van der Waals surface area contributed by atoms with Gasteiger partial charge in [0.2, 0.25) is 0 Å². The maximum absolute atomic E-state index is 12.4. The van der Waals surface area contributed by atoms with E-state index in [2.05, 4.69) is 14.8 Å². The average Bonchev–Trinajstić information content (AvgIpc) is 2.74. The number of methoxy groups -OCH3 is 1. The van der Waals surface area contributed by atoms with Gasteiger partial charge in [-0.2, -0.15) is 4.98 Å². The first-order valence-electron chi connectivity index (χ1n) is 9.46. The van der Waals surface area contributed by atoms with Gasteiger partial charge in [0.1, 0.15) is 6.04 Å². The molecule has 7 nitrogen and oxygen atoms in total. The largest absolute Gasteiger partial charge is 0.493 e. The van der Waals surface area contributed by atoms with Gasteiger partial charge in [0, 0.05) is 10.6 Å². The summed E-state index contributed by atoms with van der Waals surface area (Å²) in [6.45, 7) is 3.69. The molecule has 2 N–H and O–H groups in total. The normalized spacial score (nSPS) is 11.9. The maximum Gasteiger partial charge on any atom is 0.345 e. The summed E-state index contributed by atoms with van der Waals surface area (Å²) in [5.41, 5.74) is 1.94. The standard InChI is InChI=1S/C22H21Cl2N3O4/c1-12(2)20(27-24)21(28)31-18-9-6-14(10-19(18)30-3)17-11-16(25-22(29)26-17)13-4-7-15(23)8-5-13/h4-12,20,27H,1-3H3,(H,25,26,29)/t20-/m1/s1. The Kier molecular flexibility index (Phi) is 7.33. The van der Waals surface area contributed by atoms with Gasteiger partial charge in [0.05, 0.1) is 18.5 Å². The molecule has 0 radical (unpaired) electrons. The van der Waals surface area contributed by atoms with Crippen molar-refractivity contribution >= 4 is 29.3 Å². The van der Waals surface area contributed by atoms with E-state index < -0.39 is 17.7 Å². The van der Waals surface area contributed by atoms with Crippen LogP contribution in [-0.2, 0) is 4.79 Å². The average molecular weight is 462 g/mol. The second-order valence-corrected chi connectivity index (χ2v) is 7.76. The molecule has 0 fully saturated rings. The molecule has 0 spiro atoms. The molecule has 3 rings (SSSR count). The second-order valence-electron chi connectivity index (χ2n) is 7.11. The van der Waals surface area contributed by atoms with Crippen LogP contribution in [0.2, 0.25) is 5.02 Å². The molecule has 1 aromatic heterocycles. The SMILES string of the molecule is COc1cc(-c2cc(-c3ccc(Cl)cc3)[nH]c(=O)n2)ccc1OC(=O)[C@H](NCl)C(C)C. The van der Waals surface area contributed by atoms with Gasteiger partial charge in [-0.1, -0.05) is 37.6 Å². The lowest BCUT2D eigenvalue weighted by molar-refractivity contribution is -0.137.